The van der Waals surface area contributed by atoms with Crippen molar-refractivity contribution < 1.29 is 8.42 Å². The highest BCUT2D eigenvalue weighted by Gasteiger charge is 2.29. The molecule has 1 aromatic heterocycles. The lowest BCUT2D eigenvalue weighted by Gasteiger charge is -2.29. The van der Waals surface area contributed by atoms with Crippen molar-refractivity contribution in [1.82, 2.24) is 4.98 Å². The molecule has 20 heavy (non-hydrogen) atoms. The van der Waals surface area contributed by atoms with Gasteiger partial charge in [-0.2, -0.15) is 0 Å². The van der Waals surface area contributed by atoms with E-state index in [0.29, 0.717) is 12.2 Å². The Morgan fingerprint density at radius 1 is 1.30 bits per heavy atom. The van der Waals surface area contributed by atoms with Crippen LogP contribution in [0.15, 0.2) is 57.0 Å². The number of hydrogen-bond acceptors (Lipinski definition) is 4. The summed E-state index contributed by atoms with van der Waals surface area (Å²) >= 11 is 4.96. The number of halogens is 1. The molecule has 1 aliphatic heterocycles. The zero-order valence-electron chi connectivity index (χ0n) is 10.4. The third kappa shape index (κ3) is 2.45. The fourth-order valence-corrected chi connectivity index (χ4v) is 5.25. The van der Waals surface area contributed by atoms with Crippen molar-refractivity contribution in [3.63, 3.8) is 0 Å². The van der Waals surface area contributed by atoms with E-state index in [4.69, 9.17) is 0 Å². The molecular formula is C13H11BrN2O2S2. The molecule has 0 bridgehead atoms. The normalized spacial score (nSPS) is 14.9. The summed E-state index contributed by atoms with van der Waals surface area (Å²) in [5.74, 6) is 0.740. The first-order valence-corrected chi connectivity index (χ1v) is 9.16. The van der Waals surface area contributed by atoms with Crippen LogP contribution in [0.25, 0.3) is 0 Å². The largest absolute Gasteiger partial charge is 0.264 e. The number of benzene rings is 1. The Balaban J connectivity index is 2.10. The van der Waals surface area contributed by atoms with Gasteiger partial charge >= 0.3 is 0 Å². The first-order chi connectivity index (χ1) is 9.59. The molecule has 0 fully saturated rings. The van der Waals surface area contributed by atoms with Gasteiger partial charge in [-0.3, -0.25) is 9.29 Å². The molecule has 0 radical (unpaired) electrons. The molecule has 0 unspecified atom stereocenters. The van der Waals surface area contributed by atoms with Crippen LogP contribution in [0.5, 0.6) is 0 Å². The molecule has 3 rings (SSSR count). The Kier molecular flexibility index (Phi) is 3.74. The van der Waals surface area contributed by atoms with Crippen molar-refractivity contribution in [2.75, 3.05) is 16.6 Å². The van der Waals surface area contributed by atoms with Gasteiger partial charge in [0.05, 0.1) is 16.8 Å². The van der Waals surface area contributed by atoms with E-state index in [-0.39, 0.29) is 4.90 Å². The quantitative estimate of drug-likeness (QED) is 0.814. The van der Waals surface area contributed by atoms with E-state index >= 15 is 0 Å². The maximum Gasteiger partial charge on any atom is 0.264 e. The lowest BCUT2D eigenvalue weighted by Crippen LogP contribution is -2.35. The van der Waals surface area contributed by atoms with Crippen LogP contribution in [0.2, 0.25) is 0 Å². The summed E-state index contributed by atoms with van der Waals surface area (Å²) in [4.78, 5) is 5.28. The fraction of sp³-hybridized carbons (Fsp3) is 0.154. The van der Waals surface area contributed by atoms with E-state index in [1.54, 1.807) is 48.4 Å². The second-order valence-electron chi connectivity index (χ2n) is 4.23. The molecule has 0 spiro atoms. The summed E-state index contributed by atoms with van der Waals surface area (Å²) < 4.78 is 27.7. The van der Waals surface area contributed by atoms with E-state index in [2.05, 4.69) is 20.9 Å². The minimum absolute atomic E-state index is 0.286. The molecule has 0 aliphatic carbocycles. The molecule has 0 saturated heterocycles. The molecule has 1 aromatic carbocycles. The van der Waals surface area contributed by atoms with Crippen LogP contribution in [0.4, 0.5) is 5.69 Å². The van der Waals surface area contributed by atoms with E-state index in [1.807, 2.05) is 6.07 Å². The van der Waals surface area contributed by atoms with Crippen molar-refractivity contribution in [2.45, 2.75) is 9.79 Å². The first kappa shape index (κ1) is 13.9. The van der Waals surface area contributed by atoms with Crippen LogP contribution < -0.4 is 4.31 Å². The van der Waals surface area contributed by atoms with Gasteiger partial charge in [0, 0.05) is 27.9 Å². The minimum atomic E-state index is -3.55. The van der Waals surface area contributed by atoms with E-state index in [0.717, 1.165) is 15.1 Å². The Morgan fingerprint density at radius 3 is 2.95 bits per heavy atom. The monoisotopic (exact) mass is 370 g/mol. The Hall–Kier alpha value is -1.05. The number of nitrogens with zero attached hydrogens (tertiary/aromatic N) is 2. The molecule has 0 atom stereocenters. The van der Waals surface area contributed by atoms with Crippen LogP contribution in [0.1, 0.15) is 0 Å². The summed E-state index contributed by atoms with van der Waals surface area (Å²) in [5, 5.41) is 0. The van der Waals surface area contributed by atoms with Crippen molar-refractivity contribution in [2.24, 2.45) is 0 Å². The van der Waals surface area contributed by atoms with Gasteiger partial charge in [-0.15, -0.1) is 11.8 Å². The molecule has 7 heteroatoms. The zero-order chi connectivity index (χ0) is 14.2. The second-order valence-corrected chi connectivity index (χ2v) is 8.14. The third-order valence-electron chi connectivity index (χ3n) is 2.97. The number of hydrogen-bond donors (Lipinski definition) is 0. The van der Waals surface area contributed by atoms with Gasteiger partial charge in [0.25, 0.3) is 10.0 Å². The lowest BCUT2D eigenvalue weighted by molar-refractivity contribution is 0.591. The highest BCUT2D eigenvalue weighted by Crippen LogP contribution is 2.37. The smallest absolute Gasteiger partial charge is 0.263 e. The van der Waals surface area contributed by atoms with Gasteiger partial charge in [-0.1, -0.05) is 22.0 Å². The fourth-order valence-electron chi connectivity index (χ4n) is 2.05. The van der Waals surface area contributed by atoms with Gasteiger partial charge in [-0.25, -0.2) is 8.42 Å². The molecule has 2 aromatic rings. The maximum atomic E-state index is 12.8. The van der Waals surface area contributed by atoms with Crippen molar-refractivity contribution in [3.8, 4) is 0 Å². The molecule has 1 aliphatic rings. The second kappa shape index (κ2) is 5.38. The van der Waals surface area contributed by atoms with Crippen LogP contribution in [0.3, 0.4) is 0 Å². The molecule has 0 N–H and O–H groups in total. The summed E-state index contributed by atoms with van der Waals surface area (Å²) in [6.07, 6.45) is 3.29. The van der Waals surface area contributed by atoms with Gasteiger partial charge in [-0.05, 0) is 24.3 Å². The number of thioether (sulfide) groups is 1. The highest BCUT2D eigenvalue weighted by molar-refractivity contribution is 9.10. The lowest BCUT2D eigenvalue weighted by atomic mass is 10.4. The van der Waals surface area contributed by atoms with Crippen LogP contribution in [-0.4, -0.2) is 25.7 Å². The van der Waals surface area contributed by atoms with Crippen molar-refractivity contribution in [3.05, 3.63) is 47.2 Å². The predicted octanol–water partition coefficient (Wildman–Crippen LogP) is 3.15. The van der Waals surface area contributed by atoms with Gasteiger partial charge < -0.3 is 0 Å². The number of aromatic nitrogens is 1. The predicted molar refractivity (Wildman–Crippen MR) is 83.6 cm³/mol. The van der Waals surface area contributed by atoms with Crippen LogP contribution >= 0.6 is 27.7 Å². The summed E-state index contributed by atoms with van der Waals surface area (Å²) in [5.41, 5.74) is 0.656. The number of rotatable bonds is 2. The molecule has 0 amide bonds. The van der Waals surface area contributed by atoms with Crippen LogP contribution in [0, 0.1) is 0 Å². The SMILES string of the molecule is O=S(=O)(c1cccc(Br)c1)N1CCSc2ccncc21. The number of sulfonamides is 1. The zero-order valence-corrected chi connectivity index (χ0v) is 13.6. The molecular weight excluding hydrogens is 360 g/mol. The summed E-state index contributed by atoms with van der Waals surface area (Å²) in [7, 11) is -3.55. The van der Waals surface area contributed by atoms with Crippen molar-refractivity contribution >= 4 is 43.4 Å². The Morgan fingerprint density at radius 2 is 2.15 bits per heavy atom. The van der Waals surface area contributed by atoms with E-state index in [9.17, 15) is 8.42 Å². The average molecular weight is 371 g/mol. The maximum absolute atomic E-state index is 12.8. The van der Waals surface area contributed by atoms with Crippen LogP contribution in [-0.2, 0) is 10.0 Å². The van der Waals surface area contributed by atoms with Gasteiger partial charge in [0.2, 0.25) is 0 Å². The van der Waals surface area contributed by atoms with E-state index in [1.165, 1.54) is 4.31 Å². The topological polar surface area (TPSA) is 50.3 Å². The standard InChI is InChI=1S/C13H11BrN2O2S2/c14-10-2-1-3-11(8-10)20(17,18)16-6-7-19-13-4-5-15-9-12(13)16/h1-5,8-9H,6-7H2. The van der Waals surface area contributed by atoms with Gasteiger partial charge in [0.1, 0.15) is 0 Å². The van der Waals surface area contributed by atoms with E-state index < -0.39 is 10.0 Å². The molecule has 104 valence electrons. The molecule has 0 saturated carbocycles. The molecule has 2 heterocycles. The van der Waals surface area contributed by atoms with Gasteiger partial charge in [0.15, 0.2) is 0 Å². The highest BCUT2D eigenvalue weighted by atomic mass is 79.9. The Labute approximate surface area is 130 Å². The third-order valence-corrected chi connectivity index (χ3v) is 6.31. The number of fused-ring (bicyclic) bond motifs is 1. The number of anilines is 1. The van der Waals surface area contributed by atoms with Crippen molar-refractivity contribution in [1.29, 1.82) is 0 Å². The minimum Gasteiger partial charge on any atom is -0.263 e. The summed E-state index contributed by atoms with van der Waals surface area (Å²) in [6.45, 7) is 0.457. The molecule has 4 nitrogen and oxygen atoms in total. The number of pyridine rings is 1. The summed E-state index contributed by atoms with van der Waals surface area (Å²) in [6, 6.07) is 8.61. The first-order valence-electron chi connectivity index (χ1n) is 5.94. The Bertz CT molecular complexity index is 750. The average Bonchev–Trinajstić information content (AvgIpc) is 2.46.